The number of hydrogen-bond acceptors (Lipinski definition) is 2. The maximum absolute atomic E-state index is 10.8. The van der Waals surface area contributed by atoms with Gasteiger partial charge in [-0.05, 0) is 31.6 Å². The Morgan fingerprint density at radius 3 is 2.85 bits per heavy atom. The van der Waals surface area contributed by atoms with E-state index in [-0.39, 0.29) is 12.1 Å². The Balaban J connectivity index is 2.45. The van der Waals surface area contributed by atoms with Crippen molar-refractivity contribution in [3.8, 4) is 0 Å². The van der Waals surface area contributed by atoms with Crippen LogP contribution in [0.1, 0.15) is 39.0 Å². The van der Waals surface area contributed by atoms with Crippen molar-refractivity contribution < 1.29 is 9.53 Å². The van der Waals surface area contributed by atoms with E-state index in [2.05, 4.69) is 6.58 Å². The number of ether oxygens (including phenoxy) is 1. The second-order valence-electron chi connectivity index (χ2n) is 3.72. The van der Waals surface area contributed by atoms with E-state index in [1.54, 1.807) is 0 Å². The van der Waals surface area contributed by atoms with E-state index in [9.17, 15) is 4.79 Å². The molecule has 0 heterocycles. The van der Waals surface area contributed by atoms with Gasteiger partial charge in [0.05, 0.1) is 0 Å². The number of esters is 1. The van der Waals surface area contributed by atoms with E-state index in [0.29, 0.717) is 5.92 Å². The van der Waals surface area contributed by atoms with Gasteiger partial charge in [-0.15, -0.1) is 6.58 Å². The molecule has 1 saturated carbocycles. The second-order valence-corrected chi connectivity index (χ2v) is 3.72. The minimum Gasteiger partial charge on any atom is -0.462 e. The molecule has 1 aliphatic carbocycles. The number of rotatable bonds is 3. The first-order valence-electron chi connectivity index (χ1n) is 5.02. The minimum absolute atomic E-state index is 0.143. The maximum Gasteiger partial charge on any atom is 0.302 e. The quantitative estimate of drug-likeness (QED) is 0.495. The van der Waals surface area contributed by atoms with Crippen molar-refractivity contribution in [3.63, 3.8) is 0 Å². The molecule has 0 N–H and O–H groups in total. The zero-order valence-electron chi connectivity index (χ0n) is 8.29. The van der Waals surface area contributed by atoms with Crippen LogP contribution < -0.4 is 0 Å². The van der Waals surface area contributed by atoms with Crippen molar-refractivity contribution in [2.24, 2.45) is 5.92 Å². The van der Waals surface area contributed by atoms with Crippen molar-refractivity contribution in [2.75, 3.05) is 0 Å². The number of hydrogen-bond donors (Lipinski definition) is 0. The van der Waals surface area contributed by atoms with Crippen molar-refractivity contribution >= 4 is 5.97 Å². The highest BCUT2D eigenvalue weighted by Crippen LogP contribution is 2.29. The Morgan fingerprint density at radius 1 is 1.54 bits per heavy atom. The summed E-state index contributed by atoms with van der Waals surface area (Å²) in [4.78, 5) is 10.8. The molecule has 1 aliphatic rings. The summed E-state index contributed by atoms with van der Waals surface area (Å²) >= 11 is 0. The van der Waals surface area contributed by atoms with Gasteiger partial charge >= 0.3 is 5.97 Å². The summed E-state index contributed by atoms with van der Waals surface area (Å²) in [6.45, 7) is 5.21. The van der Waals surface area contributed by atoms with Gasteiger partial charge in [0.1, 0.15) is 6.10 Å². The van der Waals surface area contributed by atoms with Gasteiger partial charge in [-0.3, -0.25) is 4.79 Å². The molecule has 1 fully saturated rings. The minimum atomic E-state index is -0.152. The Morgan fingerprint density at radius 2 is 2.23 bits per heavy atom. The molecule has 0 bridgehead atoms. The average molecular weight is 182 g/mol. The number of carbonyl (C=O) groups is 1. The molecular weight excluding hydrogens is 164 g/mol. The van der Waals surface area contributed by atoms with Gasteiger partial charge in [0.2, 0.25) is 0 Å². The molecule has 0 unspecified atom stereocenters. The molecule has 2 heteroatoms. The first kappa shape index (κ1) is 10.3. The molecule has 2 nitrogen and oxygen atoms in total. The van der Waals surface area contributed by atoms with Crippen molar-refractivity contribution in [1.82, 2.24) is 0 Å². The van der Waals surface area contributed by atoms with E-state index >= 15 is 0 Å². The molecule has 0 aliphatic heterocycles. The lowest BCUT2D eigenvalue weighted by Crippen LogP contribution is -2.28. The van der Waals surface area contributed by atoms with Crippen molar-refractivity contribution in [1.29, 1.82) is 0 Å². The third-order valence-corrected chi connectivity index (χ3v) is 2.63. The standard InChI is InChI=1S/C11H18O2/c1-3-6-10-7-4-5-8-11(10)13-9(2)12/h3,10-11H,1,4-8H2,2H3/t10-,11-/m1/s1. The van der Waals surface area contributed by atoms with Crippen molar-refractivity contribution in [2.45, 2.75) is 45.1 Å². The SMILES string of the molecule is C=CC[C@@H]1CCCC[C@H]1OC(C)=O. The molecule has 1 rings (SSSR count). The number of allylic oxidation sites excluding steroid dienone is 1. The normalized spacial score (nSPS) is 28.1. The fourth-order valence-corrected chi connectivity index (χ4v) is 2.03. The molecular formula is C11H18O2. The van der Waals surface area contributed by atoms with Gasteiger partial charge in [0.15, 0.2) is 0 Å². The summed E-state index contributed by atoms with van der Waals surface area (Å²) < 4.78 is 5.27. The summed E-state index contributed by atoms with van der Waals surface area (Å²) in [7, 11) is 0. The van der Waals surface area contributed by atoms with E-state index in [4.69, 9.17) is 4.74 Å². The fourth-order valence-electron chi connectivity index (χ4n) is 2.03. The topological polar surface area (TPSA) is 26.3 Å². The molecule has 13 heavy (non-hydrogen) atoms. The largest absolute Gasteiger partial charge is 0.462 e. The lowest BCUT2D eigenvalue weighted by Gasteiger charge is -2.30. The molecule has 74 valence electrons. The lowest BCUT2D eigenvalue weighted by atomic mass is 9.84. The zero-order valence-corrected chi connectivity index (χ0v) is 8.29. The summed E-state index contributed by atoms with van der Waals surface area (Å²) in [6.07, 6.45) is 7.68. The summed E-state index contributed by atoms with van der Waals surface area (Å²) in [6, 6.07) is 0. The van der Waals surface area contributed by atoms with Gasteiger partial charge in [-0.1, -0.05) is 12.5 Å². The van der Waals surface area contributed by atoms with Crippen LogP contribution in [0, 0.1) is 5.92 Å². The van der Waals surface area contributed by atoms with Crippen LogP contribution in [0.5, 0.6) is 0 Å². The molecule has 0 amide bonds. The smallest absolute Gasteiger partial charge is 0.302 e. The molecule has 0 aromatic rings. The van der Waals surface area contributed by atoms with Gasteiger partial charge in [-0.2, -0.15) is 0 Å². The molecule has 0 aromatic heterocycles. The third-order valence-electron chi connectivity index (χ3n) is 2.63. The summed E-state index contributed by atoms with van der Waals surface area (Å²) in [5, 5.41) is 0. The highest BCUT2D eigenvalue weighted by Gasteiger charge is 2.26. The molecule has 0 saturated heterocycles. The van der Waals surface area contributed by atoms with Crippen LogP contribution >= 0.6 is 0 Å². The monoisotopic (exact) mass is 182 g/mol. The third kappa shape index (κ3) is 3.21. The highest BCUT2D eigenvalue weighted by atomic mass is 16.5. The first-order chi connectivity index (χ1) is 6.24. The van der Waals surface area contributed by atoms with Crippen LogP contribution in [-0.4, -0.2) is 12.1 Å². The van der Waals surface area contributed by atoms with Crippen LogP contribution in [0.4, 0.5) is 0 Å². The molecule has 2 atom stereocenters. The summed E-state index contributed by atoms with van der Waals surface area (Å²) in [5.41, 5.74) is 0. The Labute approximate surface area is 80.0 Å². The average Bonchev–Trinajstić information content (AvgIpc) is 2.08. The Hall–Kier alpha value is -0.790. The van der Waals surface area contributed by atoms with Crippen LogP contribution in [0.2, 0.25) is 0 Å². The Bertz CT molecular complexity index is 187. The van der Waals surface area contributed by atoms with Gasteiger partial charge in [0, 0.05) is 6.92 Å². The van der Waals surface area contributed by atoms with Crippen LogP contribution in [0.25, 0.3) is 0 Å². The van der Waals surface area contributed by atoms with Crippen LogP contribution in [0.3, 0.4) is 0 Å². The Kier molecular flexibility index (Phi) is 4.00. The van der Waals surface area contributed by atoms with E-state index < -0.39 is 0 Å². The van der Waals surface area contributed by atoms with Crippen molar-refractivity contribution in [3.05, 3.63) is 12.7 Å². The zero-order chi connectivity index (χ0) is 9.68. The fraction of sp³-hybridized carbons (Fsp3) is 0.727. The molecule has 0 aromatic carbocycles. The van der Waals surface area contributed by atoms with Gasteiger partial charge in [-0.25, -0.2) is 0 Å². The molecule has 0 radical (unpaired) electrons. The van der Waals surface area contributed by atoms with Crippen LogP contribution in [-0.2, 0) is 9.53 Å². The van der Waals surface area contributed by atoms with Gasteiger partial charge in [0.25, 0.3) is 0 Å². The van der Waals surface area contributed by atoms with E-state index in [0.717, 1.165) is 12.8 Å². The van der Waals surface area contributed by atoms with E-state index in [1.165, 1.54) is 26.2 Å². The lowest BCUT2D eigenvalue weighted by molar-refractivity contribution is -0.150. The predicted molar refractivity (Wildman–Crippen MR) is 52.3 cm³/mol. The predicted octanol–water partition coefficient (Wildman–Crippen LogP) is 2.68. The maximum atomic E-state index is 10.8. The van der Waals surface area contributed by atoms with Crippen LogP contribution in [0.15, 0.2) is 12.7 Å². The van der Waals surface area contributed by atoms with E-state index in [1.807, 2.05) is 6.08 Å². The number of carbonyl (C=O) groups excluding carboxylic acids is 1. The summed E-state index contributed by atoms with van der Waals surface area (Å²) in [5.74, 6) is 0.358. The first-order valence-corrected chi connectivity index (χ1v) is 5.02. The molecule has 0 spiro atoms. The van der Waals surface area contributed by atoms with Gasteiger partial charge < -0.3 is 4.74 Å². The second kappa shape index (κ2) is 5.05. The highest BCUT2D eigenvalue weighted by molar-refractivity contribution is 5.66.